The minimum atomic E-state index is -2.24. The van der Waals surface area contributed by atoms with E-state index in [1.807, 2.05) is 67.8 Å². The predicted octanol–water partition coefficient (Wildman–Crippen LogP) is 13.9. The number of aliphatic hydroxyl groups is 2. The molecule has 6 heterocycles. The molecule has 0 radical (unpaired) electrons. The van der Waals surface area contributed by atoms with Gasteiger partial charge in [0.2, 0.25) is 11.6 Å². The second kappa shape index (κ2) is 38.6. The van der Waals surface area contributed by atoms with Crippen LogP contribution in [0.4, 0.5) is 0 Å². The second-order valence-electron chi connectivity index (χ2n) is 47.1. The minimum Gasteiger partial charge on any atom is -0.541 e. The Kier molecular flexibility index (Phi) is 27.3. The van der Waals surface area contributed by atoms with Crippen LogP contribution in [-0.4, -0.2) is 302 Å². The van der Waals surface area contributed by atoms with Crippen molar-refractivity contribution in [2.24, 2.45) is 46.3 Å². The van der Waals surface area contributed by atoms with Crippen molar-refractivity contribution in [2.75, 3.05) is 131 Å². The molecule has 20 aliphatic rings. The first-order valence-corrected chi connectivity index (χ1v) is 55.5. The Morgan fingerprint density at radius 2 is 0.593 bits per heavy atom. The van der Waals surface area contributed by atoms with Crippen LogP contribution in [0.3, 0.4) is 0 Å². The highest BCUT2D eigenvalue weighted by Crippen LogP contribution is 2.69. The van der Waals surface area contributed by atoms with Gasteiger partial charge in [0.15, 0.2) is 127 Å². The van der Waals surface area contributed by atoms with E-state index in [2.05, 4.69) is 131 Å². The fraction of sp³-hybridized carbons (Fsp3) is 0.525. The number of carbonyl (C=O) groups is 8. The number of piperidine rings is 6. The van der Waals surface area contributed by atoms with Crippen LogP contribution >= 0.6 is 0 Å². The zero-order chi connectivity index (χ0) is 108. The number of phenolic OH excluding ortho intramolecular Hbond substituents is 8. The number of Topliss-reactive ketones (excluding diaryl/α,β-unsaturated/α-hetero) is 6. The second-order valence-corrected chi connectivity index (χ2v) is 51.8. The molecule has 0 aromatic heterocycles. The topological polar surface area (TPSA) is 423 Å². The summed E-state index contributed by atoms with van der Waals surface area (Å²) in [5.41, 5.74) is 7.53. The largest absolute Gasteiger partial charge is 0.541 e. The number of nitrogens with zero attached hydrogens (tertiary/aromatic N) is 6. The summed E-state index contributed by atoms with van der Waals surface area (Å²) < 4.78 is 38.5. The van der Waals surface area contributed by atoms with Gasteiger partial charge in [0.25, 0.3) is 8.32 Å². The molecule has 12 bridgehead atoms. The van der Waals surface area contributed by atoms with Crippen molar-refractivity contribution in [1.82, 2.24) is 29.4 Å². The maximum Gasteiger partial charge on any atom is 0.250 e. The number of hydrogen-bond donors (Lipinski definition) is 10. The summed E-state index contributed by atoms with van der Waals surface area (Å²) in [7, 11) is 19.5. The number of phenols is 8. The van der Waals surface area contributed by atoms with Crippen LogP contribution in [0.25, 0.3) is 0 Å². The summed E-state index contributed by atoms with van der Waals surface area (Å²) in [4.78, 5) is 115. The summed E-state index contributed by atoms with van der Waals surface area (Å²) in [6.07, 6.45) is 29.1. The molecule has 22 atom stereocenters. The number of rotatable bonds is 9. The van der Waals surface area contributed by atoms with E-state index in [1.54, 1.807) is 43.5 Å². The van der Waals surface area contributed by atoms with E-state index in [0.29, 0.717) is 83.6 Å². The van der Waals surface area contributed by atoms with Gasteiger partial charge in [-0.3, -0.25) is 48.2 Å². The van der Waals surface area contributed by atoms with E-state index >= 15 is 0 Å². The Hall–Kier alpha value is -12.1. The number of benzene rings is 4. The maximum atomic E-state index is 13.1. The van der Waals surface area contributed by atoms with Gasteiger partial charge in [0, 0.05) is 182 Å². The number of ketones is 8. The highest BCUT2D eigenvalue weighted by atomic mass is 28.4. The molecular formula is C118H144N6O25Si. The molecule has 6 aliphatic heterocycles. The predicted molar refractivity (Wildman–Crippen MR) is 561 cm³/mol. The molecule has 4 aromatic rings. The molecule has 4 aromatic carbocycles. The highest BCUT2D eigenvalue weighted by Gasteiger charge is 2.67. The maximum absolute atomic E-state index is 13.1. The van der Waals surface area contributed by atoms with Gasteiger partial charge in [0.1, 0.15) is 0 Å². The number of ether oxygens (including phenoxy) is 6. The smallest absolute Gasteiger partial charge is 0.250 e. The number of likely N-dealkylation sites (N-methyl/N-ethyl adjacent to an activating group) is 6. The van der Waals surface area contributed by atoms with Crippen LogP contribution in [0.15, 0.2) is 190 Å². The lowest BCUT2D eigenvalue weighted by atomic mass is 9.51. The van der Waals surface area contributed by atoms with Gasteiger partial charge in [-0.05, 0) is 262 Å². The van der Waals surface area contributed by atoms with Gasteiger partial charge >= 0.3 is 0 Å². The first-order valence-electron chi connectivity index (χ1n) is 52.6. The molecule has 0 amide bonds. The lowest BCUT2D eigenvalue weighted by Gasteiger charge is -2.58. The van der Waals surface area contributed by atoms with Crippen LogP contribution in [0.2, 0.25) is 18.1 Å². The number of hydrogen-bond acceptors (Lipinski definition) is 31. The summed E-state index contributed by atoms with van der Waals surface area (Å²) in [5.74, 6) is 1.85. The van der Waals surface area contributed by atoms with E-state index in [-0.39, 0.29) is 218 Å². The Bertz CT molecular complexity index is 6460. The third-order valence-electron chi connectivity index (χ3n) is 39.3. The number of methoxy groups -OCH3 is 6. The molecule has 14 aliphatic carbocycles. The molecule has 24 rings (SSSR count). The third-order valence-corrected chi connectivity index (χ3v) is 43.6. The van der Waals surface area contributed by atoms with Crippen molar-refractivity contribution in [2.45, 2.75) is 218 Å². The van der Waals surface area contributed by atoms with Crippen LogP contribution in [0.5, 0.6) is 46.0 Å². The first-order chi connectivity index (χ1) is 71.0. The van der Waals surface area contributed by atoms with Crippen molar-refractivity contribution in [3.63, 3.8) is 0 Å². The Labute approximate surface area is 877 Å². The number of carbonyl (C=O) groups excluding carboxylic acids is 8. The molecule has 31 nitrogen and oxygen atoms in total. The molecular weight excluding hydrogens is 1930 g/mol. The van der Waals surface area contributed by atoms with E-state index < -0.39 is 40.8 Å². The van der Waals surface area contributed by atoms with E-state index in [0.717, 1.165) is 127 Å². The molecule has 6 fully saturated rings. The standard InChI is InChI=1S/C24H33NO4Si.C19H23NO5.3C19H23NO4.C18H19NO4/c1-23(2,3)30(6,7)29-22-18(26)9-8-15-12-17-16-13-20(28-5)19(27)14-24(16,21(15)22)10-11-25(17)4;1-20-6-5-19-8-14(23)15(25-2)7-12(19)17(20)11(9-21)10-3-4-13(22)18(24)16(10)19;3*1-10-11-4-5-13(21)18(23)16(11)19-6-7-20(2)17(10)12(19)8-15(24-3)14(22)9-19;1-19-6-5-18-9-14(21)15(23-2)8-11(18)12(19)7-10-3-4-13(20)17(22)16(10)18/h8-9,12-13,16-17H,10-11,14H2,1-7H3;3-4,7,11-12,17,21-22,24H,5-6,8-9H2,1-2H3;3*4-5,8,10,12,17,21,23H,6-7,9H2,1-3H3;3-4,7-8,11-12,22H,5-6,9H2,1-2H3/t16?,17-,24+;11-,12?,17+,19-;3*10-,12?,17+,19-;11?,12-,18+/m011110/s1. The number of aromatic hydroxyl groups is 8. The van der Waals surface area contributed by atoms with Gasteiger partial charge < -0.3 is 104 Å². The molecule has 800 valence electrons. The summed E-state index contributed by atoms with van der Waals surface area (Å²) in [6.45, 7) is 22.3. The molecule has 0 saturated carbocycles. The Morgan fingerprint density at radius 3 is 0.907 bits per heavy atom. The fourth-order valence-electron chi connectivity index (χ4n) is 31.0. The van der Waals surface area contributed by atoms with E-state index in [4.69, 9.17) is 32.8 Å². The highest BCUT2D eigenvalue weighted by molar-refractivity contribution is 6.74. The van der Waals surface area contributed by atoms with Crippen LogP contribution in [0, 0.1) is 46.3 Å². The van der Waals surface area contributed by atoms with Crippen molar-refractivity contribution >= 4 is 54.6 Å². The van der Waals surface area contributed by atoms with Gasteiger partial charge in [-0.1, -0.05) is 90.1 Å². The van der Waals surface area contributed by atoms with Crippen LogP contribution < -0.4 is 0 Å². The van der Waals surface area contributed by atoms with Crippen LogP contribution in [0.1, 0.15) is 187 Å². The number of allylic oxidation sites excluding steroid dienone is 14. The van der Waals surface area contributed by atoms with Crippen molar-refractivity contribution in [1.29, 1.82) is 0 Å². The SMILES string of the molecule is COC1=CC2[C@@H]3C=C4C=CC(=O)C(O)=C4[C@]2(CCN3C)CC1=O.COC1=CC2[C@@H]3C=C4C=CC(=O)C(O[Si](C)(C)C(C)(C)C)=C4[C@]2(CCN3C)CC1=O.COC1=CC2[C@@H]3[C@H](C)c4ccc(O)c(O)c4[C@]2(CCN3C)CC1=O.COC1=CC2[C@@H]3[C@H](C)c4ccc(O)c(O)c4[C@]2(CCN3C)CC1=O.COC1=CC2[C@@H]3[C@H](C)c4ccc(O)c(O)c4[C@]2(CCN3C)CC1=O.COC1=CC2[C@@H]3[C@H](CO)c4ccc(O)c(O)c4[C@]2(CCN3C)CC1=O. The van der Waals surface area contributed by atoms with Gasteiger partial charge in [0.05, 0.1) is 49.3 Å². The summed E-state index contributed by atoms with van der Waals surface area (Å²) in [5, 5.41) is 103. The Balaban J connectivity index is 0.000000113. The molecule has 10 N–H and O–H groups in total. The monoisotopic (exact) mass is 2070 g/mol. The van der Waals surface area contributed by atoms with Gasteiger partial charge in [-0.15, -0.1) is 0 Å². The van der Waals surface area contributed by atoms with Crippen molar-refractivity contribution < 1.29 is 122 Å². The number of likely N-dealkylation sites (tertiary alicyclic amines) is 6. The quantitative estimate of drug-likeness (QED) is 0.0549. The van der Waals surface area contributed by atoms with Crippen molar-refractivity contribution in [3.05, 3.63) is 234 Å². The minimum absolute atomic E-state index is 0.00782. The zero-order valence-electron chi connectivity index (χ0n) is 89.5. The van der Waals surface area contributed by atoms with E-state index in [1.165, 1.54) is 47.7 Å². The van der Waals surface area contributed by atoms with Gasteiger partial charge in [-0.25, -0.2) is 0 Å². The normalized spacial score (nSPS) is 34.4. The number of aliphatic hydroxyl groups excluding tert-OH is 2. The van der Waals surface area contributed by atoms with Crippen molar-refractivity contribution in [3.8, 4) is 46.0 Å². The summed E-state index contributed by atoms with van der Waals surface area (Å²) in [6, 6.07) is 14.6. The molecule has 32 heteroatoms. The zero-order valence-corrected chi connectivity index (χ0v) is 90.5. The third kappa shape index (κ3) is 16.1. The average Bonchev–Trinajstić information content (AvgIpc) is 0.695. The Morgan fingerprint density at radius 1 is 0.333 bits per heavy atom. The lowest BCUT2D eigenvalue weighted by molar-refractivity contribution is -0.124. The first kappa shape index (κ1) is 106. The average molecular weight is 2070 g/mol. The van der Waals surface area contributed by atoms with Crippen LogP contribution in [-0.2, 0) is 92.9 Å². The molecule has 6 unspecified atom stereocenters. The summed E-state index contributed by atoms with van der Waals surface area (Å²) >= 11 is 0. The fourth-order valence-corrected chi connectivity index (χ4v) is 32.0. The molecule has 6 saturated heterocycles. The van der Waals surface area contributed by atoms with Gasteiger partial charge in [-0.2, -0.15) is 0 Å². The lowest BCUT2D eigenvalue weighted by Crippen LogP contribution is -2.62. The van der Waals surface area contributed by atoms with E-state index in [9.17, 15) is 89.4 Å². The number of fused-ring (bicyclic) bond motifs is 6. The molecule has 150 heavy (non-hydrogen) atoms. The molecule has 0 spiro atoms.